The zero-order chi connectivity index (χ0) is 17.2. The first-order chi connectivity index (χ1) is 10.8. The summed E-state index contributed by atoms with van der Waals surface area (Å²) in [5, 5.41) is 0. The summed E-state index contributed by atoms with van der Waals surface area (Å²) in [6, 6.07) is 3.29. The molecule has 1 aliphatic heterocycles. The summed E-state index contributed by atoms with van der Waals surface area (Å²) < 4.78 is 39.6. The Morgan fingerprint density at radius 2 is 2.17 bits per heavy atom. The van der Waals surface area contributed by atoms with E-state index < -0.39 is 20.7 Å². The monoisotopic (exact) mass is 343 g/mol. The number of rotatable bonds is 4. The van der Waals surface area contributed by atoms with Crippen LogP contribution in [0.1, 0.15) is 30.1 Å². The molecule has 2 atom stereocenters. The van der Waals surface area contributed by atoms with E-state index >= 15 is 0 Å². The topological polar surface area (TPSA) is 92.5 Å². The number of piperidine rings is 1. The first-order valence-electron chi connectivity index (χ1n) is 7.56. The molecule has 1 amide bonds. The van der Waals surface area contributed by atoms with Crippen molar-refractivity contribution in [3.05, 3.63) is 29.6 Å². The van der Waals surface area contributed by atoms with Gasteiger partial charge in [0.2, 0.25) is 10.0 Å². The Morgan fingerprint density at radius 1 is 1.48 bits per heavy atom. The highest BCUT2D eigenvalue weighted by atomic mass is 32.2. The van der Waals surface area contributed by atoms with E-state index in [4.69, 9.17) is 5.73 Å². The summed E-state index contributed by atoms with van der Waals surface area (Å²) in [5.74, 6) is -0.934. The van der Waals surface area contributed by atoms with Crippen molar-refractivity contribution in [2.75, 3.05) is 20.1 Å². The summed E-state index contributed by atoms with van der Waals surface area (Å²) >= 11 is 0. The van der Waals surface area contributed by atoms with E-state index in [1.165, 1.54) is 13.1 Å². The lowest BCUT2D eigenvalue weighted by molar-refractivity contribution is 0.0532. The van der Waals surface area contributed by atoms with Crippen molar-refractivity contribution in [3.63, 3.8) is 0 Å². The Hall–Kier alpha value is -1.51. The van der Waals surface area contributed by atoms with Crippen LogP contribution >= 0.6 is 0 Å². The van der Waals surface area contributed by atoms with Gasteiger partial charge < -0.3 is 10.6 Å². The first kappa shape index (κ1) is 17.8. The van der Waals surface area contributed by atoms with E-state index in [-0.39, 0.29) is 23.4 Å². The SMILES string of the molecule is CNS(=O)(=O)c1cc(C(=O)N2CCC[C@@H](C)[C@H]2CN)ccc1F. The Labute approximate surface area is 135 Å². The predicted octanol–water partition coefficient (Wildman–Crippen LogP) is 0.933. The molecule has 0 spiro atoms. The van der Waals surface area contributed by atoms with Crippen molar-refractivity contribution in [2.24, 2.45) is 11.7 Å². The second kappa shape index (κ2) is 6.94. The van der Waals surface area contributed by atoms with Gasteiger partial charge in [0.15, 0.2) is 0 Å². The van der Waals surface area contributed by atoms with Gasteiger partial charge in [0.25, 0.3) is 5.91 Å². The number of halogens is 1. The van der Waals surface area contributed by atoms with Gasteiger partial charge >= 0.3 is 0 Å². The molecule has 0 aliphatic carbocycles. The van der Waals surface area contributed by atoms with Crippen LogP contribution in [0.15, 0.2) is 23.1 Å². The Bertz CT molecular complexity index is 693. The third-order valence-electron chi connectivity index (χ3n) is 4.35. The highest BCUT2D eigenvalue weighted by Crippen LogP contribution is 2.25. The molecule has 0 radical (unpaired) electrons. The van der Waals surface area contributed by atoms with Crippen LogP contribution in [0.25, 0.3) is 0 Å². The van der Waals surface area contributed by atoms with Crippen LogP contribution in [-0.2, 0) is 10.0 Å². The molecule has 1 aliphatic rings. The number of nitrogens with two attached hydrogens (primary N) is 1. The van der Waals surface area contributed by atoms with E-state index in [0.717, 1.165) is 25.0 Å². The van der Waals surface area contributed by atoms with E-state index in [1.807, 2.05) is 6.92 Å². The van der Waals surface area contributed by atoms with Crippen molar-refractivity contribution >= 4 is 15.9 Å². The molecule has 3 N–H and O–H groups in total. The number of nitrogens with one attached hydrogen (secondary N) is 1. The van der Waals surface area contributed by atoms with Gasteiger partial charge in [-0.25, -0.2) is 17.5 Å². The van der Waals surface area contributed by atoms with E-state index in [2.05, 4.69) is 4.72 Å². The lowest BCUT2D eigenvalue weighted by atomic mass is 9.90. The molecule has 0 saturated carbocycles. The number of benzene rings is 1. The first-order valence-corrected chi connectivity index (χ1v) is 9.04. The molecule has 6 nitrogen and oxygen atoms in total. The number of nitrogens with zero attached hydrogens (tertiary/aromatic N) is 1. The van der Waals surface area contributed by atoms with Crippen molar-refractivity contribution in [2.45, 2.75) is 30.7 Å². The smallest absolute Gasteiger partial charge is 0.254 e. The number of likely N-dealkylation sites (tertiary alicyclic amines) is 1. The van der Waals surface area contributed by atoms with Gasteiger partial charge in [-0.05, 0) is 44.0 Å². The second-order valence-corrected chi connectivity index (χ2v) is 7.63. The van der Waals surface area contributed by atoms with Crippen LogP contribution in [0.4, 0.5) is 4.39 Å². The minimum absolute atomic E-state index is 0.0920. The van der Waals surface area contributed by atoms with Gasteiger partial charge in [0.1, 0.15) is 10.7 Å². The molecular weight excluding hydrogens is 321 g/mol. The van der Waals surface area contributed by atoms with Crippen LogP contribution in [0.2, 0.25) is 0 Å². The lowest BCUT2D eigenvalue weighted by Gasteiger charge is -2.39. The molecule has 1 fully saturated rings. The van der Waals surface area contributed by atoms with Crippen molar-refractivity contribution in [1.29, 1.82) is 0 Å². The molecule has 1 heterocycles. The van der Waals surface area contributed by atoms with Crippen LogP contribution in [0.5, 0.6) is 0 Å². The van der Waals surface area contributed by atoms with Gasteiger partial charge in [0, 0.05) is 24.7 Å². The normalized spacial score (nSPS) is 22.2. The third kappa shape index (κ3) is 3.54. The molecule has 1 aromatic carbocycles. The summed E-state index contributed by atoms with van der Waals surface area (Å²) in [6.45, 7) is 2.95. The summed E-state index contributed by atoms with van der Waals surface area (Å²) in [6.07, 6.45) is 1.86. The highest BCUT2D eigenvalue weighted by molar-refractivity contribution is 7.89. The molecule has 23 heavy (non-hydrogen) atoms. The minimum atomic E-state index is -3.97. The highest BCUT2D eigenvalue weighted by Gasteiger charge is 2.32. The van der Waals surface area contributed by atoms with Gasteiger partial charge in [0.05, 0.1) is 0 Å². The number of hydrogen-bond donors (Lipinski definition) is 2. The number of carbonyl (C=O) groups is 1. The molecule has 1 aromatic rings. The molecule has 1 saturated heterocycles. The predicted molar refractivity (Wildman–Crippen MR) is 84.9 cm³/mol. The van der Waals surface area contributed by atoms with E-state index in [9.17, 15) is 17.6 Å². The van der Waals surface area contributed by atoms with Gasteiger partial charge in [-0.1, -0.05) is 6.92 Å². The van der Waals surface area contributed by atoms with Gasteiger partial charge in [-0.3, -0.25) is 4.79 Å². The molecule has 0 unspecified atom stereocenters. The van der Waals surface area contributed by atoms with Crippen molar-refractivity contribution < 1.29 is 17.6 Å². The second-order valence-electron chi connectivity index (χ2n) is 5.77. The van der Waals surface area contributed by atoms with E-state index in [1.54, 1.807) is 4.90 Å². The fourth-order valence-corrected chi connectivity index (χ4v) is 3.81. The average molecular weight is 343 g/mol. The molecule has 8 heteroatoms. The van der Waals surface area contributed by atoms with Crippen LogP contribution in [0, 0.1) is 11.7 Å². The maximum absolute atomic E-state index is 13.8. The quantitative estimate of drug-likeness (QED) is 0.851. The minimum Gasteiger partial charge on any atom is -0.334 e. The maximum atomic E-state index is 13.8. The fraction of sp³-hybridized carbons (Fsp3) is 0.533. The Kier molecular flexibility index (Phi) is 5.38. The zero-order valence-electron chi connectivity index (χ0n) is 13.3. The number of sulfonamides is 1. The van der Waals surface area contributed by atoms with Gasteiger partial charge in [-0.2, -0.15) is 0 Å². The number of carbonyl (C=O) groups excluding carboxylic acids is 1. The lowest BCUT2D eigenvalue weighted by Crippen LogP contribution is -2.51. The van der Waals surface area contributed by atoms with Crippen LogP contribution < -0.4 is 10.5 Å². The Balaban J connectivity index is 2.38. The van der Waals surface area contributed by atoms with Crippen molar-refractivity contribution in [1.82, 2.24) is 9.62 Å². The number of amides is 1. The van der Waals surface area contributed by atoms with Crippen LogP contribution in [-0.4, -0.2) is 45.4 Å². The summed E-state index contributed by atoms with van der Waals surface area (Å²) in [7, 11) is -2.77. The maximum Gasteiger partial charge on any atom is 0.254 e. The van der Waals surface area contributed by atoms with Crippen molar-refractivity contribution in [3.8, 4) is 0 Å². The standard InChI is InChI=1S/C15H22FN3O3S/c1-10-4-3-7-19(13(10)9-17)15(20)11-5-6-12(16)14(8-11)23(21,22)18-2/h5-6,8,10,13,18H,3-4,7,9,17H2,1-2H3/t10-,13-/m1/s1. The summed E-state index contributed by atoms with van der Waals surface area (Å²) in [4.78, 5) is 13.9. The number of hydrogen-bond acceptors (Lipinski definition) is 4. The summed E-state index contributed by atoms with van der Waals surface area (Å²) in [5.41, 5.74) is 5.93. The zero-order valence-corrected chi connectivity index (χ0v) is 14.1. The molecule has 2 rings (SSSR count). The molecular formula is C15H22FN3O3S. The average Bonchev–Trinajstić information content (AvgIpc) is 2.54. The fourth-order valence-electron chi connectivity index (χ4n) is 2.98. The molecule has 0 aromatic heterocycles. The largest absolute Gasteiger partial charge is 0.334 e. The Morgan fingerprint density at radius 3 is 2.78 bits per heavy atom. The third-order valence-corrected chi connectivity index (χ3v) is 5.78. The van der Waals surface area contributed by atoms with E-state index in [0.29, 0.717) is 13.1 Å². The molecule has 0 bridgehead atoms. The van der Waals surface area contributed by atoms with Crippen LogP contribution in [0.3, 0.4) is 0 Å². The van der Waals surface area contributed by atoms with Gasteiger partial charge in [-0.15, -0.1) is 0 Å². The molecule has 128 valence electrons.